The van der Waals surface area contributed by atoms with Crippen LogP contribution in [0.25, 0.3) is 0 Å². The van der Waals surface area contributed by atoms with Crippen molar-refractivity contribution in [1.29, 1.82) is 0 Å². The average molecular weight is 295 g/mol. The molecule has 0 amide bonds. The van der Waals surface area contributed by atoms with Crippen LogP contribution in [0.2, 0.25) is 0 Å². The first kappa shape index (κ1) is 15.1. The van der Waals surface area contributed by atoms with Crippen LogP contribution in [0.3, 0.4) is 0 Å². The van der Waals surface area contributed by atoms with Crippen LogP contribution in [0.15, 0.2) is 14.7 Å². The first-order chi connectivity index (χ1) is 9.47. The summed E-state index contributed by atoms with van der Waals surface area (Å²) in [5.74, 6) is 1.20. The van der Waals surface area contributed by atoms with E-state index in [-0.39, 0.29) is 0 Å². The van der Waals surface area contributed by atoms with E-state index in [0.717, 1.165) is 23.8 Å². The predicted molar refractivity (Wildman–Crippen MR) is 77.6 cm³/mol. The third-order valence-corrected chi connectivity index (χ3v) is 3.88. The van der Waals surface area contributed by atoms with Crippen molar-refractivity contribution >= 4 is 11.8 Å². The van der Waals surface area contributed by atoms with Crippen molar-refractivity contribution in [3.63, 3.8) is 0 Å². The lowest BCUT2D eigenvalue weighted by atomic mass is 10.2. The molecule has 110 valence electrons. The van der Waals surface area contributed by atoms with Crippen molar-refractivity contribution in [2.75, 3.05) is 6.54 Å². The van der Waals surface area contributed by atoms with Crippen LogP contribution >= 0.6 is 11.8 Å². The Labute approximate surface area is 123 Å². The highest BCUT2D eigenvalue weighted by atomic mass is 32.2. The lowest BCUT2D eigenvalue weighted by Crippen LogP contribution is -2.19. The lowest BCUT2D eigenvalue weighted by Gasteiger charge is -2.08. The topological polar surface area (TPSA) is 68.8 Å². The summed E-state index contributed by atoms with van der Waals surface area (Å²) in [6.07, 6.45) is 0. The summed E-state index contributed by atoms with van der Waals surface area (Å²) in [6.45, 7) is 9.98. The summed E-state index contributed by atoms with van der Waals surface area (Å²) in [4.78, 5) is 0. The molecular weight excluding hydrogens is 274 g/mol. The summed E-state index contributed by atoms with van der Waals surface area (Å²) in [5, 5.41) is 17.4. The molecule has 6 nitrogen and oxygen atoms in total. The minimum atomic E-state index is 0.551. The van der Waals surface area contributed by atoms with E-state index in [1.165, 1.54) is 17.3 Å². The molecule has 7 heteroatoms. The molecule has 0 aliphatic rings. The monoisotopic (exact) mass is 295 g/mol. The molecule has 0 radical (unpaired) electrons. The molecule has 0 unspecified atom stereocenters. The van der Waals surface area contributed by atoms with E-state index < -0.39 is 0 Å². The average Bonchev–Trinajstić information content (AvgIpc) is 2.87. The fraction of sp³-hybridized carbons (Fsp3) is 0.615. The molecule has 0 atom stereocenters. The number of hydrogen-bond donors (Lipinski definition) is 1. The third-order valence-electron chi connectivity index (χ3n) is 2.83. The summed E-state index contributed by atoms with van der Waals surface area (Å²) in [7, 11) is 1.94. The normalized spacial score (nSPS) is 11.5. The standard InChI is InChI=1S/C13H21N5OS/c1-8(2)6-14-7-11-9(3)17-18(5)12(11)20-13-16-15-10(4)19-13/h8,14H,6-7H2,1-5H3. The smallest absolute Gasteiger partial charge is 0.282 e. The first-order valence-electron chi connectivity index (χ1n) is 6.68. The van der Waals surface area contributed by atoms with Gasteiger partial charge in [-0.15, -0.1) is 10.2 Å². The Kier molecular flexibility index (Phi) is 4.82. The first-order valence-corrected chi connectivity index (χ1v) is 7.50. The SMILES string of the molecule is Cc1nnc(Sc2c(CNCC(C)C)c(C)nn2C)o1. The Morgan fingerprint density at radius 1 is 1.30 bits per heavy atom. The second-order valence-corrected chi connectivity index (χ2v) is 6.15. The molecule has 0 aliphatic carbocycles. The third kappa shape index (κ3) is 3.61. The van der Waals surface area contributed by atoms with Gasteiger partial charge in [-0.3, -0.25) is 4.68 Å². The van der Waals surface area contributed by atoms with E-state index >= 15 is 0 Å². The fourth-order valence-electron chi connectivity index (χ4n) is 1.90. The zero-order valence-corrected chi connectivity index (χ0v) is 13.4. The Balaban J connectivity index is 2.14. The van der Waals surface area contributed by atoms with Gasteiger partial charge in [0.2, 0.25) is 5.89 Å². The number of aryl methyl sites for hydroxylation is 3. The van der Waals surface area contributed by atoms with E-state index in [1.807, 2.05) is 18.7 Å². The molecule has 0 saturated heterocycles. The van der Waals surface area contributed by atoms with Gasteiger partial charge in [0.15, 0.2) is 0 Å². The summed E-state index contributed by atoms with van der Waals surface area (Å²) < 4.78 is 7.30. The molecule has 1 N–H and O–H groups in total. The Hall–Kier alpha value is -1.34. The van der Waals surface area contributed by atoms with Crippen molar-refractivity contribution in [1.82, 2.24) is 25.3 Å². The van der Waals surface area contributed by atoms with Crippen molar-refractivity contribution in [2.45, 2.75) is 44.5 Å². The van der Waals surface area contributed by atoms with Crippen molar-refractivity contribution in [2.24, 2.45) is 13.0 Å². The van der Waals surface area contributed by atoms with Gasteiger partial charge in [0.05, 0.1) is 5.69 Å². The second-order valence-electron chi connectivity index (χ2n) is 5.21. The maximum absolute atomic E-state index is 5.43. The Morgan fingerprint density at radius 3 is 2.65 bits per heavy atom. The molecule has 2 heterocycles. The Bertz CT molecular complexity index is 575. The van der Waals surface area contributed by atoms with Gasteiger partial charge in [0.25, 0.3) is 5.22 Å². The maximum atomic E-state index is 5.43. The van der Waals surface area contributed by atoms with Crippen molar-refractivity contribution in [3.05, 3.63) is 17.1 Å². The molecule has 20 heavy (non-hydrogen) atoms. The molecule has 0 spiro atoms. The van der Waals surface area contributed by atoms with Crippen LogP contribution in [0.5, 0.6) is 0 Å². The lowest BCUT2D eigenvalue weighted by molar-refractivity contribution is 0.428. The van der Waals surface area contributed by atoms with Gasteiger partial charge >= 0.3 is 0 Å². The molecule has 2 aromatic heterocycles. The Morgan fingerprint density at radius 2 is 2.05 bits per heavy atom. The van der Waals surface area contributed by atoms with Gasteiger partial charge in [-0.25, -0.2) is 0 Å². The highest BCUT2D eigenvalue weighted by Crippen LogP contribution is 2.30. The minimum absolute atomic E-state index is 0.551. The number of rotatable bonds is 6. The van der Waals surface area contributed by atoms with Gasteiger partial charge in [-0.1, -0.05) is 13.8 Å². The molecule has 2 rings (SSSR count). The van der Waals surface area contributed by atoms with Crippen LogP contribution in [0.4, 0.5) is 0 Å². The highest BCUT2D eigenvalue weighted by Gasteiger charge is 2.17. The maximum Gasteiger partial charge on any atom is 0.282 e. The molecule has 0 saturated carbocycles. The number of aromatic nitrogens is 4. The van der Waals surface area contributed by atoms with Crippen LogP contribution in [0, 0.1) is 19.8 Å². The molecule has 0 bridgehead atoms. The van der Waals surface area contributed by atoms with Crippen LogP contribution in [-0.2, 0) is 13.6 Å². The highest BCUT2D eigenvalue weighted by molar-refractivity contribution is 7.99. The van der Waals surface area contributed by atoms with Crippen molar-refractivity contribution < 1.29 is 4.42 Å². The second kappa shape index (κ2) is 6.41. The van der Waals surface area contributed by atoms with Gasteiger partial charge in [0.1, 0.15) is 5.03 Å². The molecule has 0 aliphatic heterocycles. The number of hydrogen-bond acceptors (Lipinski definition) is 6. The molecule has 0 aromatic carbocycles. The van der Waals surface area contributed by atoms with Crippen LogP contribution in [0.1, 0.15) is 31.0 Å². The van der Waals surface area contributed by atoms with Crippen LogP contribution in [-0.4, -0.2) is 26.5 Å². The summed E-state index contributed by atoms with van der Waals surface area (Å²) >= 11 is 1.46. The van der Waals surface area contributed by atoms with E-state index in [1.54, 1.807) is 6.92 Å². The van der Waals surface area contributed by atoms with Gasteiger partial charge in [-0.05, 0) is 31.1 Å². The minimum Gasteiger partial charge on any atom is -0.416 e. The summed E-state index contributed by atoms with van der Waals surface area (Å²) in [5.41, 5.74) is 2.22. The zero-order valence-electron chi connectivity index (χ0n) is 12.6. The fourth-order valence-corrected chi connectivity index (χ4v) is 2.83. The summed E-state index contributed by atoms with van der Waals surface area (Å²) in [6, 6.07) is 0. The quantitative estimate of drug-likeness (QED) is 0.882. The van der Waals surface area contributed by atoms with Gasteiger partial charge < -0.3 is 9.73 Å². The van der Waals surface area contributed by atoms with Gasteiger partial charge in [-0.2, -0.15) is 5.10 Å². The van der Waals surface area contributed by atoms with E-state index in [2.05, 4.69) is 34.5 Å². The number of nitrogens with one attached hydrogen (secondary N) is 1. The van der Waals surface area contributed by atoms with E-state index in [9.17, 15) is 0 Å². The van der Waals surface area contributed by atoms with Crippen LogP contribution < -0.4 is 5.32 Å². The largest absolute Gasteiger partial charge is 0.416 e. The predicted octanol–water partition coefficient (Wildman–Crippen LogP) is 2.32. The zero-order chi connectivity index (χ0) is 14.7. The van der Waals surface area contributed by atoms with E-state index in [0.29, 0.717) is 17.0 Å². The van der Waals surface area contributed by atoms with E-state index in [4.69, 9.17) is 4.42 Å². The van der Waals surface area contributed by atoms with Crippen molar-refractivity contribution in [3.8, 4) is 0 Å². The van der Waals surface area contributed by atoms with Gasteiger partial charge in [0, 0.05) is 26.1 Å². The number of nitrogens with zero attached hydrogens (tertiary/aromatic N) is 4. The molecule has 2 aromatic rings. The molecular formula is C13H21N5OS. The molecule has 0 fully saturated rings.